The Labute approximate surface area is 149 Å². The number of hydrogen-bond donors (Lipinski definition) is 0. The van der Waals surface area contributed by atoms with Gasteiger partial charge in [-0.05, 0) is 44.5 Å². The molecule has 1 aromatic carbocycles. The molecule has 1 heterocycles. The quantitative estimate of drug-likeness (QED) is 0.331. The lowest BCUT2D eigenvalue weighted by Gasteiger charge is -2.17. The molecule has 1 aromatic rings. The van der Waals surface area contributed by atoms with Gasteiger partial charge in [-0.2, -0.15) is 0 Å². The van der Waals surface area contributed by atoms with Crippen molar-refractivity contribution in [2.75, 3.05) is 13.2 Å². The zero-order valence-electron chi connectivity index (χ0n) is 13.6. The number of non-ortho nitro benzene ring substituents is 1. The molecular formula is C15H18NO5PS2. The summed E-state index contributed by atoms with van der Waals surface area (Å²) in [5.41, 5.74) is 0.892. The average molecular weight is 387 g/mol. The number of thioether (sulfide) groups is 2. The highest BCUT2D eigenvalue weighted by molar-refractivity contribution is 8.31. The summed E-state index contributed by atoms with van der Waals surface area (Å²) in [5.74, 6) is 0. The Hall–Kier alpha value is -1.05. The van der Waals surface area contributed by atoms with E-state index < -0.39 is 12.5 Å². The Balaban J connectivity index is 2.20. The molecule has 130 valence electrons. The van der Waals surface area contributed by atoms with Crippen molar-refractivity contribution in [3.05, 3.63) is 53.7 Å². The molecule has 2 rings (SSSR count). The summed E-state index contributed by atoms with van der Waals surface area (Å²) in [6, 6.07) is 6.29. The summed E-state index contributed by atoms with van der Waals surface area (Å²) in [6.07, 6.45) is 1.90. The van der Waals surface area contributed by atoms with Gasteiger partial charge in [-0.1, -0.05) is 23.5 Å². The van der Waals surface area contributed by atoms with Gasteiger partial charge < -0.3 is 9.05 Å². The molecule has 0 aliphatic carbocycles. The number of nitrogens with zero attached hydrogens (tertiary/aromatic N) is 1. The van der Waals surface area contributed by atoms with Crippen LogP contribution in [-0.4, -0.2) is 18.1 Å². The third-order valence-electron chi connectivity index (χ3n) is 2.99. The number of allylic oxidation sites excluding steroid dienone is 1. The van der Waals surface area contributed by atoms with E-state index in [0.29, 0.717) is 17.9 Å². The first-order valence-corrected chi connectivity index (χ1v) is 10.5. The Kier molecular flexibility index (Phi) is 6.71. The fraction of sp³-hybridized carbons (Fsp3) is 0.333. The van der Waals surface area contributed by atoms with Crippen LogP contribution in [0.2, 0.25) is 0 Å². The molecule has 0 bridgehead atoms. The SMILES string of the molecule is CCOP(=O)(OCC)C1=C(C)S/C(=C/c2ccc([N+](=O)[O-])cc2)S1. The van der Waals surface area contributed by atoms with E-state index in [2.05, 4.69) is 0 Å². The van der Waals surface area contributed by atoms with E-state index in [-0.39, 0.29) is 5.69 Å². The van der Waals surface area contributed by atoms with Crippen molar-refractivity contribution in [1.29, 1.82) is 0 Å². The Morgan fingerprint density at radius 1 is 1.17 bits per heavy atom. The minimum Gasteiger partial charge on any atom is -0.305 e. The second-order valence-electron chi connectivity index (χ2n) is 4.71. The van der Waals surface area contributed by atoms with Crippen LogP contribution in [0.4, 0.5) is 5.69 Å². The predicted octanol–water partition coefficient (Wildman–Crippen LogP) is 5.83. The summed E-state index contributed by atoms with van der Waals surface area (Å²) in [6.45, 7) is 6.06. The van der Waals surface area contributed by atoms with Crippen LogP contribution in [0.3, 0.4) is 0 Å². The van der Waals surface area contributed by atoms with Crippen molar-refractivity contribution in [1.82, 2.24) is 0 Å². The highest BCUT2D eigenvalue weighted by atomic mass is 32.2. The van der Waals surface area contributed by atoms with E-state index in [0.717, 1.165) is 14.7 Å². The lowest BCUT2D eigenvalue weighted by molar-refractivity contribution is -0.384. The zero-order chi connectivity index (χ0) is 17.7. The van der Waals surface area contributed by atoms with Gasteiger partial charge in [0.25, 0.3) is 5.69 Å². The summed E-state index contributed by atoms with van der Waals surface area (Å²) in [4.78, 5) is 11.1. The lowest BCUT2D eigenvalue weighted by atomic mass is 10.2. The maximum Gasteiger partial charge on any atom is 0.368 e. The summed E-state index contributed by atoms with van der Waals surface area (Å²) >= 11 is 2.86. The third kappa shape index (κ3) is 4.52. The first-order valence-electron chi connectivity index (χ1n) is 7.32. The second-order valence-corrected chi connectivity index (χ2v) is 9.54. The van der Waals surface area contributed by atoms with Crippen molar-refractivity contribution in [3.8, 4) is 0 Å². The van der Waals surface area contributed by atoms with Crippen LogP contribution in [0.15, 0.2) is 38.1 Å². The van der Waals surface area contributed by atoms with Crippen molar-refractivity contribution in [3.63, 3.8) is 0 Å². The monoisotopic (exact) mass is 387 g/mol. The van der Waals surface area contributed by atoms with Crippen LogP contribution in [0.25, 0.3) is 6.08 Å². The summed E-state index contributed by atoms with van der Waals surface area (Å²) in [7, 11) is -3.29. The highest BCUT2D eigenvalue weighted by Gasteiger charge is 2.36. The van der Waals surface area contributed by atoms with Crippen molar-refractivity contribution in [2.24, 2.45) is 0 Å². The smallest absolute Gasteiger partial charge is 0.305 e. The molecule has 0 saturated heterocycles. The van der Waals surface area contributed by atoms with Gasteiger partial charge in [-0.15, -0.1) is 0 Å². The Bertz CT molecular complexity index is 720. The van der Waals surface area contributed by atoms with Crippen LogP contribution in [0.5, 0.6) is 0 Å². The van der Waals surface area contributed by atoms with Crippen LogP contribution in [0.1, 0.15) is 26.3 Å². The predicted molar refractivity (Wildman–Crippen MR) is 99.8 cm³/mol. The Morgan fingerprint density at radius 3 is 2.25 bits per heavy atom. The molecule has 0 saturated carbocycles. The molecule has 9 heteroatoms. The highest BCUT2D eigenvalue weighted by Crippen LogP contribution is 2.68. The number of nitro benzene ring substituents is 1. The molecular weight excluding hydrogens is 369 g/mol. The molecule has 0 spiro atoms. The Morgan fingerprint density at radius 2 is 1.75 bits per heavy atom. The van der Waals surface area contributed by atoms with Crippen molar-refractivity contribution < 1.29 is 18.5 Å². The molecule has 0 aromatic heterocycles. The number of benzene rings is 1. The minimum absolute atomic E-state index is 0.0519. The minimum atomic E-state index is -3.29. The van der Waals surface area contributed by atoms with Gasteiger partial charge in [-0.3, -0.25) is 14.7 Å². The largest absolute Gasteiger partial charge is 0.368 e. The topological polar surface area (TPSA) is 78.7 Å². The maximum atomic E-state index is 12.9. The zero-order valence-corrected chi connectivity index (χ0v) is 16.1. The van der Waals surface area contributed by atoms with Crippen LogP contribution < -0.4 is 0 Å². The third-order valence-corrected chi connectivity index (χ3v) is 8.39. The summed E-state index contributed by atoms with van der Waals surface area (Å²) < 4.78 is 25.3. The van der Waals surface area contributed by atoms with E-state index >= 15 is 0 Å². The average Bonchev–Trinajstić information content (AvgIpc) is 2.89. The fourth-order valence-corrected chi connectivity index (χ4v) is 7.26. The first kappa shape index (κ1) is 19.3. The molecule has 0 N–H and O–H groups in total. The van der Waals surface area contributed by atoms with Crippen molar-refractivity contribution in [2.45, 2.75) is 20.8 Å². The normalized spacial score (nSPS) is 16.9. The number of hydrogen-bond acceptors (Lipinski definition) is 7. The van der Waals surface area contributed by atoms with Gasteiger partial charge >= 0.3 is 7.60 Å². The van der Waals surface area contributed by atoms with Crippen LogP contribution in [0, 0.1) is 10.1 Å². The van der Waals surface area contributed by atoms with Crippen LogP contribution in [-0.2, 0) is 13.6 Å². The lowest BCUT2D eigenvalue weighted by Crippen LogP contribution is -1.96. The van der Waals surface area contributed by atoms with E-state index in [1.165, 1.54) is 35.7 Å². The molecule has 0 fully saturated rings. The molecule has 0 atom stereocenters. The van der Waals surface area contributed by atoms with Gasteiger partial charge in [0, 0.05) is 17.0 Å². The molecule has 0 amide bonds. The van der Waals surface area contributed by atoms with E-state index in [4.69, 9.17) is 9.05 Å². The van der Waals surface area contributed by atoms with Gasteiger partial charge in [0.05, 0.1) is 22.4 Å². The molecule has 0 radical (unpaired) electrons. The summed E-state index contributed by atoms with van der Waals surface area (Å²) in [5, 5.41) is 10.7. The van der Waals surface area contributed by atoms with E-state index in [1.807, 2.05) is 13.0 Å². The fourth-order valence-electron chi connectivity index (χ4n) is 2.01. The molecule has 6 nitrogen and oxygen atoms in total. The number of rotatable bonds is 7. The van der Waals surface area contributed by atoms with Crippen molar-refractivity contribution >= 4 is 42.9 Å². The van der Waals surface area contributed by atoms with Gasteiger partial charge in [0.1, 0.15) is 4.65 Å². The maximum absolute atomic E-state index is 12.9. The van der Waals surface area contributed by atoms with Gasteiger partial charge in [0.2, 0.25) is 0 Å². The van der Waals surface area contributed by atoms with E-state index in [1.54, 1.807) is 26.0 Å². The first-order chi connectivity index (χ1) is 11.4. The molecule has 24 heavy (non-hydrogen) atoms. The van der Waals surface area contributed by atoms with Gasteiger partial charge in [-0.25, -0.2) is 0 Å². The van der Waals surface area contributed by atoms with E-state index in [9.17, 15) is 14.7 Å². The number of nitro groups is 1. The van der Waals surface area contributed by atoms with Gasteiger partial charge in [0.15, 0.2) is 0 Å². The molecule has 1 aliphatic heterocycles. The standard InChI is InChI=1S/C15H18NO5PS2/c1-4-20-22(19,21-5-2)15-11(3)23-14(24-15)10-12-6-8-13(9-7-12)16(17)18/h6-10H,4-5H2,1-3H3/b14-10-. The second kappa shape index (κ2) is 8.36. The molecule has 1 aliphatic rings. The molecule has 0 unspecified atom stereocenters. The van der Waals surface area contributed by atoms with Crippen LogP contribution >= 0.6 is 31.1 Å².